The molecule has 1 amide bonds. The second-order valence-corrected chi connectivity index (χ2v) is 5.72. The molecule has 1 aromatic carbocycles. The van der Waals surface area contributed by atoms with Crippen molar-refractivity contribution in [3.05, 3.63) is 58.3 Å². The van der Waals surface area contributed by atoms with Gasteiger partial charge in [-0.25, -0.2) is 4.79 Å². The van der Waals surface area contributed by atoms with Crippen LogP contribution in [0.2, 0.25) is 0 Å². The second-order valence-electron chi connectivity index (χ2n) is 4.79. The lowest BCUT2D eigenvalue weighted by Gasteiger charge is -2.07. The van der Waals surface area contributed by atoms with Crippen LogP contribution < -0.4 is 15.7 Å². The Hall–Kier alpha value is -2.94. The van der Waals surface area contributed by atoms with Gasteiger partial charge in [-0.3, -0.25) is 4.79 Å². The number of para-hydroxylation sites is 1. The Balaban J connectivity index is 1.48. The van der Waals surface area contributed by atoms with Crippen LogP contribution >= 0.6 is 11.3 Å². The van der Waals surface area contributed by atoms with Gasteiger partial charge in [0.05, 0.1) is 6.54 Å². The van der Waals surface area contributed by atoms with E-state index < -0.39 is 5.69 Å². The molecule has 2 aromatic heterocycles. The molecule has 0 bridgehead atoms. The van der Waals surface area contributed by atoms with Gasteiger partial charge in [0, 0.05) is 0 Å². The van der Waals surface area contributed by atoms with E-state index >= 15 is 0 Å². The molecule has 124 valence electrons. The number of nitrogens with zero attached hydrogens (tertiary/aromatic N) is 4. The van der Waals surface area contributed by atoms with E-state index in [4.69, 9.17) is 4.74 Å². The molecular weight excluding hydrogens is 330 g/mol. The van der Waals surface area contributed by atoms with Gasteiger partial charge in [-0.15, -0.1) is 11.3 Å². The van der Waals surface area contributed by atoms with Crippen molar-refractivity contribution in [2.24, 2.45) is 0 Å². The molecular formula is C15H15N5O3S. The predicted molar refractivity (Wildman–Crippen MR) is 88.4 cm³/mol. The highest BCUT2D eigenvalue weighted by Gasteiger charge is 2.12. The Labute approximate surface area is 141 Å². The van der Waals surface area contributed by atoms with Crippen LogP contribution in [0.3, 0.4) is 0 Å². The Morgan fingerprint density at radius 1 is 1.17 bits per heavy atom. The molecule has 2 heterocycles. The van der Waals surface area contributed by atoms with Crippen molar-refractivity contribution in [3.63, 3.8) is 0 Å². The van der Waals surface area contributed by atoms with E-state index in [-0.39, 0.29) is 12.5 Å². The summed E-state index contributed by atoms with van der Waals surface area (Å²) in [7, 11) is 0. The molecule has 0 saturated carbocycles. The Bertz CT molecular complexity index is 842. The van der Waals surface area contributed by atoms with E-state index in [1.807, 2.05) is 41.8 Å². The van der Waals surface area contributed by atoms with Gasteiger partial charge in [0.2, 0.25) is 5.91 Å². The third-order valence-corrected chi connectivity index (χ3v) is 3.93. The number of carbonyl (C=O) groups is 1. The molecule has 8 nitrogen and oxygen atoms in total. The Morgan fingerprint density at radius 2 is 2.00 bits per heavy atom. The fourth-order valence-electron chi connectivity index (χ4n) is 1.97. The molecule has 0 unspecified atom stereocenters. The van der Waals surface area contributed by atoms with Crippen LogP contribution in [0.25, 0.3) is 5.00 Å². The zero-order chi connectivity index (χ0) is 16.8. The molecule has 24 heavy (non-hydrogen) atoms. The van der Waals surface area contributed by atoms with Crippen LogP contribution in [0, 0.1) is 0 Å². The molecule has 0 aliphatic rings. The first kappa shape index (κ1) is 15.9. The van der Waals surface area contributed by atoms with Crippen LogP contribution in [-0.2, 0) is 11.3 Å². The summed E-state index contributed by atoms with van der Waals surface area (Å²) in [5, 5.41) is 12.7. The van der Waals surface area contributed by atoms with Crippen molar-refractivity contribution in [3.8, 4) is 10.8 Å². The number of benzene rings is 1. The number of aromatic nitrogens is 4. The summed E-state index contributed by atoms with van der Waals surface area (Å²) in [5.74, 6) is 0.411. The first-order chi connectivity index (χ1) is 11.7. The number of amides is 1. The van der Waals surface area contributed by atoms with Gasteiger partial charge in [-0.05, 0) is 40.1 Å². The number of tetrazole rings is 1. The topological polar surface area (TPSA) is 91.0 Å². The normalized spacial score (nSPS) is 10.5. The number of thiophene rings is 1. The SMILES string of the molecule is O=C(Cn1nnn(-c2cccs2)c1=O)NCCOc1ccccc1. The van der Waals surface area contributed by atoms with Gasteiger partial charge < -0.3 is 10.1 Å². The molecule has 0 spiro atoms. The summed E-state index contributed by atoms with van der Waals surface area (Å²) < 4.78 is 7.65. The number of rotatable bonds is 7. The molecule has 3 aromatic rings. The van der Waals surface area contributed by atoms with E-state index in [1.165, 1.54) is 11.3 Å². The molecule has 3 rings (SSSR count). The van der Waals surface area contributed by atoms with Crippen molar-refractivity contribution in [1.29, 1.82) is 0 Å². The summed E-state index contributed by atoms with van der Waals surface area (Å²) in [6, 6.07) is 12.9. The van der Waals surface area contributed by atoms with Gasteiger partial charge in [-0.1, -0.05) is 18.2 Å². The highest BCUT2D eigenvalue weighted by atomic mass is 32.1. The third kappa shape index (κ3) is 3.87. The van der Waals surface area contributed by atoms with Crippen molar-refractivity contribution in [2.75, 3.05) is 13.2 Å². The highest BCUT2D eigenvalue weighted by molar-refractivity contribution is 7.12. The molecule has 0 fully saturated rings. The fourth-order valence-corrected chi connectivity index (χ4v) is 2.64. The third-order valence-electron chi connectivity index (χ3n) is 3.08. The van der Waals surface area contributed by atoms with E-state index in [0.717, 1.165) is 15.1 Å². The quantitative estimate of drug-likeness (QED) is 0.636. The number of nitrogens with one attached hydrogen (secondary N) is 1. The molecule has 0 saturated heterocycles. The fraction of sp³-hybridized carbons (Fsp3) is 0.200. The van der Waals surface area contributed by atoms with E-state index in [2.05, 4.69) is 15.7 Å². The predicted octanol–water partition coefficient (Wildman–Crippen LogP) is 0.686. The average Bonchev–Trinajstić information content (AvgIpc) is 3.23. The zero-order valence-corrected chi connectivity index (χ0v) is 13.5. The first-order valence-corrected chi connectivity index (χ1v) is 8.13. The van der Waals surface area contributed by atoms with Crippen LogP contribution in [0.1, 0.15) is 0 Å². The smallest absolute Gasteiger partial charge is 0.369 e. The summed E-state index contributed by atoms with van der Waals surface area (Å²) in [4.78, 5) is 24.0. The van der Waals surface area contributed by atoms with Crippen molar-refractivity contribution >= 4 is 17.2 Å². The highest BCUT2D eigenvalue weighted by Crippen LogP contribution is 2.10. The minimum Gasteiger partial charge on any atom is -0.492 e. The number of hydrogen-bond donors (Lipinski definition) is 1. The first-order valence-electron chi connectivity index (χ1n) is 7.25. The zero-order valence-electron chi connectivity index (χ0n) is 12.7. The number of ether oxygens (including phenoxy) is 1. The van der Waals surface area contributed by atoms with Gasteiger partial charge in [0.25, 0.3) is 0 Å². The maximum absolute atomic E-state index is 12.1. The summed E-state index contributed by atoms with van der Waals surface area (Å²) in [6.07, 6.45) is 0. The largest absolute Gasteiger partial charge is 0.492 e. The monoisotopic (exact) mass is 345 g/mol. The van der Waals surface area contributed by atoms with Crippen LogP contribution in [0.4, 0.5) is 0 Å². The van der Waals surface area contributed by atoms with Crippen LogP contribution in [-0.4, -0.2) is 38.8 Å². The van der Waals surface area contributed by atoms with E-state index in [0.29, 0.717) is 18.2 Å². The second kappa shape index (κ2) is 7.55. The summed E-state index contributed by atoms with van der Waals surface area (Å²) in [6.45, 7) is 0.490. The van der Waals surface area contributed by atoms with Crippen LogP contribution in [0.15, 0.2) is 52.6 Å². The van der Waals surface area contributed by atoms with Crippen molar-refractivity contribution in [1.82, 2.24) is 25.1 Å². The average molecular weight is 345 g/mol. The van der Waals surface area contributed by atoms with Gasteiger partial charge >= 0.3 is 5.69 Å². The molecule has 1 N–H and O–H groups in total. The van der Waals surface area contributed by atoms with E-state index in [1.54, 1.807) is 6.07 Å². The molecule has 0 aliphatic heterocycles. The molecule has 0 aliphatic carbocycles. The molecule has 9 heteroatoms. The van der Waals surface area contributed by atoms with Gasteiger partial charge in [0.1, 0.15) is 23.9 Å². The lowest BCUT2D eigenvalue weighted by molar-refractivity contribution is -0.122. The van der Waals surface area contributed by atoms with Crippen molar-refractivity contribution < 1.29 is 9.53 Å². The van der Waals surface area contributed by atoms with Crippen molar-refractivity contribution in [2.45, 2.75) is 6.54 Å². The molecule has 0 radical (unpaired) electrons. The van der Waals surface area contributed by atoms with Gasteiger partial charge in [0.15, 0.2) is 0 Å². The minimum atomic E-state index is -0.451. The minimum absolute atomic E-state index is 0.185. The summed E-state index contributed by atoms with van der Waals surface area (Å²) >= 11 is 1.37. The van der Waals surface area contributed by atoms with Gasteiger partial charge in [-0.2, -0.15) is 9.36 Å². The Kier molecular flexibility index (Phi) is 5.02. The van der Waals surface area contributed by atoms with Crippen LogP contribution in [0.5, 0.6) is 5.75 Å². The summed E-state index contributed by atoms with van der Waals surface area (Å²) in [5.41, 5.74) is -0.451. The lowest BCUT2D eigenvalue weighted by Crippen LogP contribution is -2.35. The molecule has 0 atom stereocenters. The van der Waals surface area contributed by atoms with E-state index in [9.17, 15) is 9.59 Å². The lowest BCUT2D eigenvalue weighted by atomic mass is 10.3. The Morgan fingerprint density at radius 3 is 2.75 bits per heavy atom. The number of hydrogen-bond acceptors (Lipinski definition) is 6. The maximum Gasteiger partial charge on any atom is 0.369 e. The number of carbonyl (C=O) groups excluding carboxylic acids is 1. The standard InChI is InChI=1S/C15H15N5O3S/c21-13(16-8-9-23-12-5-2-1-3-6-12)11-19-15(22)20(18-17-19)14-7-4-10-24-14/h1-7,10H,8-9,11H2,(H,16,21). The maximum atomic E-state index is 12.1.